The Balaban J connectivity index is 2.17. The molecule has 7 heteroatoms. The zero-order valence-corrected chi connectivity index (χ0v) is 12.1. The van der Waals surface area contributed by atoms with Gasteiger partial charge in [0.25, 0.3) is 5.88 Å². The fourth-order valence-electron chi connectivity index (χ4n) is 2.73. The first-order chi connectivity index (χ1) is 9.47. The number of hydrogen-bond acceptors (Lipinski definition) is 5. The summed E-state index contributed by atoms with van der Waals surface area (Å²) in [6, 6.07) is 0. The standard InChI is InChI=1S/C13H22N4O3/c1-3-16-12(11(17(18)19)10(2)15-16)20-9-13(14)7-5-4-6-8-13/h3-9,14H2,1-2H3. The van der Waals surface area contributed by atoms with Crippen LogP contribution in [0.5, 0.6) is 5.88 Å². The molecule has 2 N–H and O–H groups in total. The Bertz CT molecular complexity index is 492. The highest BCUT2D eigenvalue weighted by molar-refractivity contribution is 5.45. The predicted octanol–water partition coefficient (Wildman–Crippen LogP) is 2.16. The van der Waals surface area contributed by atoms with Crippen molar-refractivity contribution >= 4 is 5.69 Å². The number of nitrogens with zero attached hydrogens (tertiary/aromatic N) is 3. The van der Waals surface area contributed by atoms with Crippen molar-refractivity contribution in [2.24, 2.45) is 5.73 Å². The maximum Gasteiger partial charge on any atom is 0.353 e. The molecule has 0 aliphatic heterocycles. The fourth-order valence-corrected chi connectivity index (χ4v) is 2.73. The van der Waals surface area contributed by atoms with Gasteiger partial charge in [0.05, 0.1) is 10.5 Å². The molecule has 20 heavy (non-hydrogen) atoms. The molecule has 0 saturated heterocycles. The molecule has 1 aromatic heterocycles. The van der Waals surface area contributed by atoms with Crippen LogP contribution in [-0.2, 0) is 6.54 Å². The van der Waals surface area contributed by atoms with Crippen LogP contribution in [0.1, 0.15) is 44.7 Å². The van der Waals surface area contributed by atoms with Gasteiger partial charge in [0.1, 0.15) is 12.3 Å². The topological polar surface area (TPSA) is 96.2 Å². The number of nitrogens with two attached hydrogens (primary N) is 1. The van der Waals surface area contributed by atoms with Gasteiger partial charge in [-0.1, -0.05) is 19.3 Å². The smallest absolute Gasteiger partial charge is 0.353 e. The maximum absolute atomic E-state index is 11.1. The lowest BCUT2D eigenvalue weighted by atomic mass is 9.83. The van der Waals surface area contributed by atoms with Crippen LogP contribution >= 0.6 is 0 Å². The molecule has 7 nitrogen and oxygen atoms in total. The van der Waals surface area contributed by atoms with E-state index in [1.54, 1.807) is 6.92 Å². The van der Waals surface area contributed by atoms with Gasteiger partial charge in [-0.2, -0.15) is 5.10 Å². The van der Waals surface area contributed by atoms with E-state index in [1.165, 1.54) is 11.1 Å². The molecule has 0 aromatic carbocycles. The molecule has 0 amide bonds. The first-order valence-corrected chi connectivity index (χ1v) is 7.10. The quantitative estimate of drug-likeness (QED) is 0.659. The van der Waals surface area contributed by atoms with Gasteiger partial charge in [0.2, 0.25) is 0 Å². The number of rotatable bonds is 5. The molecule has 0 radical (unpaired) electrons. The summed E-state index contributed by atoms with van der Waals surface area (Å²) < 4.78 is 7.25. The van der Waals surface area contributed by atoms with Crippen LogP contribution in [-0.4, -0.2) is 26.8 Å². The molecule has 1 saturated carbocycles. The Morgan fingerprint density at radius 3 is 2.65 bits per heavy atom. The summed E-state index contributed by atoms with van der Waals surface area (Å²) in [5, 5.41) is 15.3. The van der Waals surface area contributed by atoms with Crippen molar-refractivity contribution in [2.45, 2.75) is 58.0 Å². The average molecular weight is 282 g/mol. The molecule has 0 spiro atoms. The first kappa shape index (κ1) is 14.8. The Kier molecular flexibility index (Phi) is 4.27. The lowest BCUT2D eigenvalue weighted by Crippen LogP contribution is -2.47. The van der Waals surface area contributed by atoms with Gasteiger partial charge in [-0.05, 0) is 26.7 Å². The predicted molar refractivity (Wildman–Crippen MR) is 74.8 cm³/mol. The highest BCUT2D eigenvalue weighted by Gasteiger charge is 2.32. The summed E-state index contributed by atoms with van der Waals surface area (Å²) in [5.41, 5.74) is 6.26. The molecule has 112 valence electrons. The third kappa shape index (κ3) is 2.92. The molecule has 1 aliphatic carbocycles. The van der Waals surface area contributed by atoms with Crippen LogP contribution in [0.25, 0.3) is 0 Å². The minimum absolute atomic E-state index is 0.0498. The molecular weight excluding hydrogens is 260 g/mol. The third-order valence-corrected chi connectivity index (χ3v) is 3.88. The van der Waals surface area contributed by atoms with Crippen LogP contribution in [0.3, 0.4) is 0 Å². The highest BCUT2D eigenvalue weighted by atomic mass is 16.6. The molecule has 1 aromatic rings. The largest absolute Gasteiger partial charge is 0.471 e. The van der Waals surface area contributed by atoms with Crippen LogP contribution < -0.4 is 10.5 Å². The van der Waals surface area contributed by atoms with E-state index in [2.05, 4.69) is 5.10 Å². The molecule has 0 unspecified atom stereocenters. The molecule has 0 bridgehead atoms. The van der Waals surface area contributed by atoms with Crippen molar-refractivity contribution in [1.82, 2.24) is 9.78 Å². The van der Waals surface area contributed by atoms with E-state index in [0.717, 1.165) is 25.7 Å². The van der Waals surface area contributed by atoms with Crippen molar-refractivity contribution in [3.05, 3.63) is 15.8 Å². The summed E-state index contributed by atoms with van der Waals surface area (Å²) in [6.07, 6.45) is 5.19. The van der Waals surface area contributed by atoms with Crippen molar-refractivity contribution in [3.8, 4) is 5.88 Å². The van der Waals surface area contributed by atoms with Gasteiger partial charge in [0, 0.05) is 6.54 Å². The molecule has 0 atom stereocenters. The van der Waals surface area contributed by atoms with Crippen LogP contribution in [0.15, 0.2) is 0 Å². The minimum Gasteiger partial charge on any atom is -0.471 e. The van der Waals surface area contributed by atoms with Gasteiger partial charge in [-0.3, -0.25) is 10.1 Å². The summed E-state index contributed by atoms with van der Waals surface area (Å²) in [6.45, 7) is 4.33. The van der Waals surface area contributed by atoms with Crippen LogP contribution in [0.2, 0.25) is 0 Å². The van der Waals surface area contributed by atoms with E-state index in [4.69, 9.17) is 10.5 Å². The van der Waals surface area contributed by atoms with E-state index in [1.807, 2.05) is 6.92 Å². The van der Waals surface area contributed by atoms with Crippen LogP contribution in [0, 0.1) is 17.0 Å². The minimum atomic E-state index is -0.437. The lowest BCUT2D eigenvalue weighted by Gasteiger charge is -2.32. The Hall–Kier alpha value is -1.63. The summed E-state index contributed by atoms with van der Waals surface area (Å²) in [7, 11) is 0. The number of hydrogen-bond donors (Lipinski definition) is 1. The van der Waals surface area contributed by atoms with Crippen molar-refractivity contribution in [2.75, 3.05) is 6.61 Å². The Labute approximate surface area is 118 Å². The highest BCUT2D eigenvalue weighted by Crippen LogP contribution is 2.32. The molecule has 1 fully saturated rings. The number of ether oxygens (including phenoxy) is 1. The molecular formula is C13H22N4O3. The monoisotopic (exact) mass is 282 g/mol. The second-order valence-electron chi connectivity index (χ2n) is 5.52. The van der Waals surface area contributed by atoms with E-state index in [9.17, 15) is 10.1 Å². The van der Waals surface area contributed by atoms with Gasteiger partial charge in [0.15, 0.2) is 0 Å². The second-order valence-corrected chi connectivity index (χ2v) is 5.52. The zero-order chi connectivity index (χ0) is 14.8. The van der Waals surface area contributed by atoms with Crippen LogP contribution in [0.4, 0.5) is 5.69 Å². The third-order valence-electron chi connectivity index (χ3n) is 3.88. The van der Waals surface area contributed by atoms with Crippen molar-refractivity contribution < 1.29 is 9.66 Å². The van der Waals surface area contributed by atoms with E-state index >= 15 is 0 Å². The van der Waals surface area contributed by atoms with Crippen molar-refractivity contribution in [3.63, 3.8) is 0 Å². The second kappa shape index (κ2) is 5.78. The SMILES string of the molecule is CCn1nc(C)c([N+](=O)[O-])c1OCC1(N)CCCCC1. The average Bonchev–Trinajstić information content (AvgIpc) is 2.73. The van der Waals surface area contributed by atoms with Gasteiger partial charge in [-0.25, -0.2) is 4.68 Å². The normalized spacial score (nSPS) is 17.9. The first-order valence-electron chi connectivity index (χ1n) is 7.10. The van der Waals surface area contributed by atoms with Crippen molar-refractivity contribution in [1.29, 1.82) is 0 Å². The van der Waals surface area contributed by atoms with E-state index in [-0.39, 0.29) is 17.1 Å². The lowest BCUT2D eigenvalue weighted by molar-refractivity contribution is -0.386. The van der Waals surface area contributed by atoms with Gasteiger partial charge < -0.3 is 10.5 Å². The van der Waals surface area contributed by atoms with E-state index < -0.39 is 4.92 Å². The maximum atomic E-state index is 11.1. The zero-order valence-electron chi connectivity index (χ0n) is 12.1. The van der Waals surface area contributed by atoms with E-state index in [0.29, 0.717) is 18.8 Å². The fraction of sp³-hybridized carbons (Fsp3) is 0.769. The Morgan fingerprint density at radius 1 is 1.45 bits per heavy atom. The molecule has 1 aliphatic rings. The number of nitro groups is 1. The molecule has 1 heterocycles. The summed E-state index contributed by atoms with van der Waals surface area (Å²) in [5.74, 6) is 0.227. The number of aromatic nitrogens is 2. The molecule has 2 rings (SSSR count). The number of aryl methyl sites for hydroxylation is 2. The Morgan fingerprint density at radius 2 is 2.10 bits per heavy atom. The van der Waals surface area contributed by atoms with Gasteiger partial charge >= 0.3 is 5.69 Å². The summed E-state index contributed by atoms with van der Waals surface area (Å²) >= 11 is 0. The van der Waals surface area contributed by atoms with Gasteiger partial charge in [-0.15, -0.1) is 0 Å². The summed E-state index contributed by atoms with van der Waals surface area (Å²) in [4.78, 5) is 10.7.